The van der Waals surface area contributed by atoms with Crippen LogP contribution in [0, 0.1) is 6.92 Å². The molecule has 1 aromatic carbocycles. The van der Waals surface area contributed by atoms with E-state index in [4.69, 9.17) is 10.8 Å². The van der Waals surface area contributed by atoms with Gasteiger partial charge in [-0.3, -0.25) is 4.79 Å². The van der Waals surface area contributed by atoms with Gasteiger partial charge in [-0.15, -0.1) is 0 Å². The van der Waals surface area contributed by atoms with Crippen molar-refractivity contribution in [2.45, 2.75) is 19.4 Å². The van der Waals surface area contributed by atoms with Crippen molar-refractivity contribution < 1.29 is 9.90 Å². The third-order valence-corrected chi connectivity index (χ3v) is 3.48. The van der Waals surface area contributed by atoms with Crippen molar-refractivity contribution in [1.82, 2.24) is 9.97 Å². The normalized spacial score (nSPS) is 12.4. The van der Waals surface area contributed by atoms with Crippen LogP contribution in [-0.2, 0) is 11.2 Å². The summed E-state index contributed by atoms with van der Waals surface area (Å²) in [7, 11) is 0. The first kappa shape index (κ1) is 13.8. The summed E-state index contributed by atoms with van der Waals surface area (Å²) in [5.74, 6) is -0.449. The molecule has 0 spiro atoms. The van der Waals surface area contributed by atoms with Crippen LogP contribution in [0.4, 0.5) is 0 Å². The number of hydrogen-bond acceptors (Lipinski definition) is 3. The molecular formula is C13H14BrN3O2. The minimum Gasteiger partial charge on any atom is -0.480 e. The minimum absolute atomic E-state index is 0.181. The van der Waals surface area contributed by atoms with E-state index in [2.05, 4.69) is 25.9 Å². The maximum absolute atomic E-state index is 10.7. The van der Waals surface area contributed by atoms with Gasteiger partial charge in [-0.25, -0.2) is 4.98 Å². The maximum Gasteiger partial charge on any atom is 0.320 e. The largest absolute Gasteiger partial charge is 0.480 e. The molecule has 0 aliphatic rings. The van der Waals surface area contributed by atoms with Crippen LogP contribution in [0.1, 0.15) is 11.5 Å². The van der Waals surface area contributed by atoms with Gasteiger partial charge in [-0.05, 0) is 13.0 Å². The summed E-state index contributed by atoms with van der Waals surface area (Å²) in [4.78, 5) is 18.3. The van der Waals surface area contributed by atoms with Crippen LogP contribution in [0.15, 0.2) is 28.7 Å². The van der Waals surface area contributed by atoms with Crippen LogP contribution in [0.5, 0.6) is 0 Å². The Bertz CT molecular complexity index is 610. The van der Waals surface area contributed by atoms with Crippen LogP contribution in [-0.4, -0.2) is 27.1 Å². The fourth-order valence-electron chi connectivity index (χ4n) is 1.83. The van der Waals surface area contributed by atoms with E-state index in [1.807, 2.05) is 31.2 Å². The van der Waals surface area contributed by atoms with E-state index in [0.717, 1.165) is 21.4 Å². The van der Waals surface area contributed by atoms with Crippen molar-refractivity contribution >= 4 is 21.9 Å². The summed E-state index contributed by atoms with van der Waals surface area (Å²) in [6.45, 7) is 1.90. The van der Waals surface area contributed by atoms with Crippen molar-refractivity contribution in [1.29, 1.82) is 0 Å². The zero-order chi connectivity index (χ0) is 14.0. The van der Waals surface area contributed by atoms with E-state index in [9.17, 15) is 4.79 Å². The number of carboxylic acid groups (broad SMARTS) is 1. The highest BCUT2D eigenvalue weighted by Crippen LogP contribution is 2.28. The predicted molar refractivity (Wildman–Crippen MR) is 75.8 cm³/mol. The van der Waals surface area contributed by atoms with Gasteiger partial charge in [-0.1, -0.05) is 34.1 Å². The molecule has 1 atom stereocenters. The number of aromatic nitrogens is 2. The summed E-state index contributed by atoms with van der Waals surface area (Å²) >= 11 is 3.48. The highest BCUT2D eigenvalue weighted by Gasteiger charge is 2.17. The first-order valence-corrected chi connectivity index (χ1v) is 6.57. The molecule has 0 saturated heterocycles. The smallest absolute Gasteiger partial charge is 0.320 e. The highest BCUT2D eigenvalue weighted by atomic mass is 79.9. The zero-order valence-corrected chi connectivity index (χ0v) is 11.9. The molecule has 0 bridgehead atoms. The number of carbonyl (C=O) groups is 1. The van der Waals surface area contributed by atoms with Crippen molar-refractivity contribution in [2.24, 2.45) is 5.73 Å². The Morgan fingerprint density at radius 3 is 2.84 bits per heavy atom. The average Bonchev–Trinajstić information content (AvgIpc) is 2.70. The van der Waals surface area contributed by atoms with Gasteiger partial charge in [0.1, 0.15) is 11.9 Å². The Labute approximate surface area is 119 Å². The van der Waals surface area contributed by atoms with Crippen molar-refractivity contribution in [3.8, 4) is 11.3 Å². The third-order valence-electron chi connectivity index (χ3n) is 2.79. The zero-order valence-electron chi connectivity index (χ0n) is 10.4. The first-order valence-electron chi connectivity index (χ1n) is 5.78. The Hall–Kier alpha value is -1.66. The van der Waals surface area contributed by atoms with Crippen molar-refractivity contribution in [3.63, 3.8) is 0 Å². The molecule has 1 heterocycles. The van der Waals surface area contributed by atoms with Gasteiger partial charge < -0.3 is 15.8 Å². The van der Waals surface area contributed by atoms with Gasteiger partial charge in [0.15, 0.2) is 0 Å². The molecule has 6 heteroatoms. The van der Waals surface area contributed by atoms with Crippen molar-refractivity contribution in [2.75, 3.05) is 0 Å². The van der Waals surface area contributed by atoms with E-state index in [0.29, 0.717) is 5.82 Å². The van der Waals surface area contributed by atoms with Crippen LogP contribution in [0.2, 0.25) is 0 Å². The molecule has 0 aliphatic carbocycles. The molecule has 100 valence electrons. The number of halogens is 1. The number of carboxylic acids is 1. The summed E-state index contributed by atoms with van der Waals surface area (Å²) in [6.07, 6.45) is 0.181. The van der Waals surface area contributed by atoms with Gasteiger partial charge in [-0.2, -0.15) is 0 Å². The van der Waals surface area contributed by atoms with E-state index < -0.39 is 12.0 Å². The van der Waals surface area contributed by atoms with Crippen LogP contribution in [0.3, 0.4) is 0 Å². The van der Waals surface area contributed by atoms with E-state index in [1.165, 1.54) is 0 Å². The Kier molecular flexibility index (Phi) is 4.01. The number of aromatic amines is 1. The second-order valence-electron chi connectivity index (χ2n) is 4.29. The summed E-state index contributed by atoms with van der Waals surface area (Å²) in [5.41, 5.74) is 8.17. The maximum atomic E-state index is 10.7. The summed E-state index contributed by atoms with van der Waals surface area (Å²) < 4.78 is 0.943. The Morgan fingerprint density at radius 1 is 1.53 bits per heavy atom. The van der Waals surface area contributed by atoms with E-state index in [1.54, 1.807) is 0 Å². The van der Waals surface area contributed by atoms with Crippen LogP contribution >= 0.6 is 15.9 Å². The third kappa shape index (κ3) is 3.02. The second kappa shape index (κ2) is 5.54. The number of nitrogens with one attached hydrogen (secondary N) is 1. The molecular weight excluding hydrogens is 310 g/mol. The molecule has 0 fully saturated rings. The molecule has 2 aromatic rings. The number of aryl methyl sites for hydroxylation is 1. The predicted octanol–water partition coefficient (Wildman–Crippen LogP) is 2.10. The molecule has 0 saturated carbocycles. The lowest BCUT2D eigenvalue weighted by molar-refractivity contribution is -0.138. The molecule has 1 unspecified atom stereocenters. The number of H-pyrrole nitrogens is 1. The summed E-state index contributed by atoms with van der Waals surface area (Å²) in [5, 5.41) is 8.81. The Balaban J connectivity index is 2.32. The lowest BCUT2D eigenvalue weighted by Gasteiger charge is -2.02. The number of nitrogens with zero attached hydrogens (tertiary/aromatic N) is 1. The molecule has 0 amide bonds. The average molecular weight is 324 g/mol. The van der Waals surface area contributed by atoms with Gasteiger partial charge in [0.25, 0.3) is 0 Å². The number of benzene rings is 1. The number of hydrogen-bond donors (Lipinski definition) is 3. The molecule has 0 radical (unpaired) electrons. The standard InChI is InChI=1S/C13H14BrN3O2/c1-7-12(8-4-2-3-5-9(8)14)17-11(16-7)6-10(15)13(18)19/h2-5,10H,6,15H2,1H3,(H,16,17)(H,18,19). The topological polar surface area (TPSA) is 92.0 Å². The van der Waals surface area contributed by atoms with Crippen molar-refractivity contribution in [3.05, 3.63) is 40.3 Å². The molecule has 4 N–H and O–H groups in total. The molecule has 1 aromatic heterocycles. The fraction of sp³-hybridized carbons (Fsp3) is 0.231. The van der Waals surface area contributed by atoms with Gasteiger partial charge in [0, 0.05) is 22.2 Å². The number of aliphatic carboxylic acids is 1. The van der Waals surface area contributed by atoms with E-state index >= 15 is 0 Å². The molecule has 5 nitrogen and oxygen atoms in total. The number of imidazole rings is 1. The molecule has 19 heavy (non-hydrogen) atoms. The van der Waals surface area contributed by atoms with Crippen LogP contribution in [0.25, 0.3) is 11.3 Å². The Morgan fingerprint density at radius 2 is 2.21 bits per heavy atom. The lowest BCUT2D eigenvalue weighted by Crippen LogP contribution is -2.32. The second-order valence-corrected chi connectivity index (χ2v) is 5.14. The SMILES string of the molecule is Cc1[nH]c(CC(N)C(=O)O)nc1-c1ccccc1Br. The summed E-state index contributed by atoms with van der Waals surface area (Å²) in [6, 6.07) is 6.80. The fourth-order valence-corrected chi connectivity index (χ4v) is 2.30. The number of rotatable bonds is 4. The molecule has 2 rings (SSSR count). The van der Waals surface area contributed by atoms with Crippen LogP contribution < -0.4 is 5.73 Å². The van der Waals surface area contributed by atoms with E-state index in [-0.39, 0.29) is 6.42 Å². The van der Waals surface area contributed by atoms with Gasteiger partial charge in [0.2, 0.25) is 0 Å². The quantitative estimate of drug-likeness (QED) is 0.803. The number of nitrogens with two attached hydrogens (primary N) is 1. The monoisotopic (exact) mass is 323 g/mol. The van der Waals surface area contributed by atoms with Gasteiger partial charge in [0.05, 0.1) is 5.69 Å². The molecule has 0 aliphatic heterocycles. The minimum atomic E-state index is -1.03. The van der Waals surface area contributed by atoms with Gasteiger partial charge >= 0.3 is 5.97 Å². The first-order chi connectivity index (χ1) is 8.99. The lowest BCUT2D eigenvalue weighted by atomic mass is 10.1. The highest BCUT2D eigenvalue weighted by molar-refractivity contribution is 9.10.